The zero-order valence-corrected chi connectivity index (χ0v) is 13.4. The topological polar surface area (TPSA) is 68.5 Å². The molecule has 1 aromatic carbocycles. The van der Waals surface area contributed by atoms with E-state index in [9.17, 15) is 4.79 Å². The van der Waals surface area contributed by atoms with Crippen molar-refractivity contribution in [2.24, 2.45) is 0 Å². The van der Waals surface area contributed by atoms with Crippen molar-refractivity contribution >= 4 is 11.6 Å². The first-order valence-corrected chi connectivity index (χ1v) is 7.97. The number of nitrogens with zero attached hydrogens (tertiary/aromatic N) is 3. The number of carbonyl (C=O) groups excluding carboxylic acids is 1. The fraction of sp³-hybridized carbons (Fsp3) is 0.471. The summed E-state index contributed by atoms with van der Waals surface area (Å²) in [5, 5.41) is 4.02. The number of carbonyl (C=O) groups is 1. The minimum atomic E-state index is -0.0381. The van der Waals surface area contributed by atoms with Gasteiger partial charge in [-0.3, -0.25) is 4.79 Å². The molecule has 0 bridgehead atoms. The number of benzene rings is 1. The van der Waals surface area contributed by atoms with Gasteiger partial charge in [0.15, 0.2) is 5.82 Å². The molecule has 0 aliphatic carbocycles. The molecule has 1 aliphatic heterocycles. The lowest BCUT2D eigenvalue weighted by Gasteiger charge is -2.15. The first kappa shape index (κ1) is 15.7. The van der Waals surface area contributed by atoms with Crippen LogP contribution < -0.4 is 4.90 Å². The van der Waals surface area contributed by atoms with E-state index >= 15 is 0 Å². The molecule has 0 N–H and O–H groups in total. The van der Waals surface area contributed by atoms with Crippen LogP contribution in [-0.2, 0) is 16.1 Å². The van der Waals surface area contributed by atoms with Gasteiger partial charge >= 0.3 is 0 Å². The van der Waals surface area contributed by atoms with E-state index in [-0.39, 0.29) is 17.9 Å². The van der Waals surface area contributed by atoms with Gasteiger partial charge in [-0.05, 0) is 25.5 Å². The van der Waals surface area contributed by atoms with Crippen LogP contribution in [0.3, 0.4) is 0 Å². The molecule has 3 rings (SSSR count). The molecule has 0 saturated carbocycles. The fourth-order valence-corrected chi connectivity index (χ4v) is 2.56. The summed E-state index contributed by atoms with van der Waals surface area (Å²) >= 11 is 0. The molecule has 6 nitrogen and oxygen atoms in total. The van der Waals surface area contributed by atoms with Crippen molar-refractivity contribution in [2.45, 2.75) is 45.3 Å². The van der Waals surface area contributed by atoms with E-state index in [1.807, 2.05) is 37.3 Å². The van der Waals surface area contributed by atoms with E-state index in [4.69, 9.17) is 9.26 Å². The number of hydrogen-bond donors (Lipinski definition) is 0. The Balaban J connectivity index is 1.65. The van der Waals surface area contributed by atoms with Gasteiger partial charge in [0.1, 0.15) is 6.61 Å². The van der Waals surface area contributed by atoms with Crippen LogP contribution in [0.25, 0.3) is 0 Å². The quantitative estimate of drug-likeness (QED) is 0.820. The summed E-state index contributed by atoms with van der Waals surface area (Å²) in [5.74, 6) is 1.10. The summed E-state index contributed by atoms with van der Waals surface area (Å²) < 4.78 is 10.8. The number of rotatable bonds is 6. The van der Waals surface area contributed by atoms with Crippen LogP contribution in [-0.4, -0.2) is 28.7 Å². The van der Waals surface area contributed by atoms with E-state index in [0.717, 1.165) is 12.1 Å². The first-order valence-electron chi connectivity index (χ1n) is 7.97. The van der Waals surface area contributed by atoms with Crippen LogP contribution in [0, 0.1) is 0 Å². The van der Waals surface area contributed by atoms with Crippen molar-refractivity contribution in [3.63, 3.8) is 0 Å². The molecule has 122 valence electrons. The third-order valence-electron chi connectivity index (χ3n) is 4.11. The van der Waals surface area contributed by atoms with Gasteiger partial charge in [-0.2, -0.15) is 4.98 Å². The molecule has 0 spiro atoms. The SMILES string of the molecule is CC[C@H](C)OCc1nc([C@H]2CC(=O)N(c3ccccc3)C2)no1. The summed E-state index contributed by atoms with van der Waals surface area (Å²) in [5.41, 5.74) is 0.906. The molecular formula is C17H21N3O3. The average molecular weight is 315 g/mol. The zero-order valence-electron chi connectivity index (χ0n) is 13.4. The number of amides is 1. The summed E-state index contributed by atoms with van der Waals surface area (Å²) in [6.45, 7) is 4.95. The van der Waals surface area contributed by atoms with Crippen molar-refractivity contribution in [3.8, 4) is 0 Å². The van der Waals surface area contributed by atoms with E-state index in [0.29, 0.717) is 31.3 Å². The standard InChI is InChI=1S/C17H21N3O3/c1-3-12(2)22-11-15-18-17(19-23-15)13-9-16(21)20(10-13)14-7-5-4-6-8-14/h4-8,12-13H,3,9-11H2,1-2H3/t12-,13-/m0/s1. The Labute approximate surface area is 135 Å². The lowest BCUT2D eigenvalue weighted by atomic mass is 10.1. The van der Waals surface area contributed by atoms with Crippen LogP contribution in [0.15, 0.2) is 34.9 Å². The molecular weight excluding hydrogens is 294 g/mol. The Morgan fingerprint density at radius 3 is 2.91 bits per heavy atom. The summed E-state index contributed by atoms with van der Waals surface area (Å²) in [6.07, 6.45) is 1.50. The largest absolute Gasteiger partial charge is 0.369 e. The molecule has 1 saturated heterocycles. The van der Waals surface area contributed by atoms with Crippen LogP contribution in [0.5, 0.6) is 0 Å². The molecule has 0 unspecified atom stereocenters. The van der Waals surface area contributed by atoms with Crippen molar-refractivity contribution in [2.75, 3.05) is 11.4 Å². The lowest BCUT2D eigenvalue weighted by Crippen LogP contribution is -2.24. The third-order valence-corrected chi connectivity index (χ3v) is 4.11. The summed E-state index contributed by atoms with van der Waals surface area (Å²) in [7, 11) is 0. The van der Waals surface area contributed by atoms with Gasteiger partial charge in [-0.15, -0.1) is 0 Å². The maximum Gasteiger partial charge on any atom is 0.252 e. The minimum Gasteiger partial charge on any atom is -0.369 e. The summed E-state index contributed by atoms with van der Waals surface area (Å²) in [6, 6.07) is 9.65. The van der Waals surface area contributed by atoms with Gasteiger partial charge < -0.3 is 14.2 Å². The van der Waals surface area contributed by atoms with Gasteiger partial charge in [0.05, 0.1) is 6.10 Å². The van der Waals surface area contributed by atoms with E-state index in [2.05, 4.69) is 17.1 Å². The van der Waals surface area contributed by atoms with Crippen LogP contribution in [0.1, 0.15) is 44.3 Å². The highest BCUT2D eigenvalue weighted by Gasteiger charge is 2.34. The normalized spacial score (nSPS) is 19.3. The second-order valence-electron chi connectivity index (χ2n) is 5.82. The Hall–Kier alpha value is -2.21. The zero-order chi connectivity index (χ0) is 16.2. The molecule has 2 atom stereocenters. The molecule has 1 amide bonds. The Kier molecular flexibility index (Phi) is 4.71. The second kappa shape index (κ2) is 6.91. The van der Waals surface area contributed by atoms with Crippen molar-refractivity contribution in [1.29, 1.82) is 0 Å². The van der Waals surface area contributed by atoms with Crippen molar-refractivity contribution in [1.82, 2.24) is 10.1 Å². The molecule has 2 heterocycles. The highest BCUT2D eigenvalue weighted by molar-refractivity contribution is 5.96. The summed E-state index contributed by atoms with van der Waals surface area (Å²) in [4.78, 5) is 18.4. The number of ether oxygens (including phenoxy) is 1. The predicted octanol–water partition coefficient (Wildman–Crippen LogP) is 2.91. The molecule has 6 heteroatoms. The molecule has 1 fully saturated rings. The minimum absolute atomic E-state index is 0.0381. The maximum absolute atomic E-state index is 12.2. The van der Waals surface area contributed by atoms with Gasteiger partial charge in [0.2, 0.25) is 5.91 Å². The second-order valence-corrected chi connectivity index (χ2v) is 5.82. The Bertz CT molecular complexity index is 656. The fourth-order valence-electron chi connectivity index (χ4n) is 2.56. The van der Waals surface area contributed by atoms with Gasteiger partial charge in [0, 0.05) is 24.6 Å². The molecule has 0 radical (unpaired) electrons. The van der Waals surface area contributed by atoms with Gasteiger partial charge in [-0.25, -0.2) is 0 Å². The van der Waals surface area contributed by atoms with Crippen molar-refractivity contribution < 1.29 is 14.1 Å². The smallest absolute Gasteiger partial charge is 0.252 e. The highest BCUT2D eigenvalue weighted by Crippen LogP contribution is 2.30. The Morgan fingerprint density at radius 1 is 1.39 bits per heavy atom. The highest BCUT2D eigenvalue weighted by atomic mass is 16.5. The molecule has 2 aromatic rings. The van der Waals surface area contributed by atoms with Crippen LogP contribution >= 0.6 is 0 Å². The number of hydrogen-bond acceptors (Lipinski definition) is 5. The number of aromatic nitrogens is 2. The third kappa shape index (κ3) is 3.59. The van der Waals surface area contributed by atoms with Crippen molar-refractivity contribution in [3.05, 3.63) is 42.0 Å². The first-order chi connectivity index (χ1) is 11.2. The van der Waals surface area contributed by atoms with E-state index < -0.39 is 0 Å². The Morgan fingerprint density at radius 2 is 2.17 bits per heavy atom. The predicted molar refractivity (Wildman–Crippen MR) is 85.0 cm³/mol. The van der Waals surface area contributed by atoms with E-state index in [1.54, 1.807) is 4.90 Å². The van der Waals surface area contributed by atoms with Crippen LogP contribution in [0.2, 0.25) is 0 Å². The monoisotopic (exact) mass is 315 g/mol. The molecule has 1 aromatic heterocycles. The van der Waals surface area contributed by atoms with Crippen LogP contribution in [0.4, 0.5) is 5.69 Å². The number of anilines is 1. The van der Waals surface area contributed by atoms with Gasteiger partial charge in [0.25, 0.3) is 5.89 Å². The van der Waals surface area contributed by atoms with Gasteiger partial charge in [-0.1, -0.05) is 30.3 Å². The average Bonchev–Trinajstić information content (AvgIpc) is 3.20. The molecule has 23 heavy (non-hydrogen) atoms. The van der Waals surface area contributed by atoms with E-state index in [1.165, 1.54) is 0 Å². The maximum atomic E-state index is 12.2. The molecule has 1 aliphatic rings. The lowest BCUT2D eigenvalue weighted by molar-refractivity contribution is -0.117. The number of para-hydroxylation sites is 1.